The number of anilines is 1. The number of furan rings is 1. The predicted molar refractivity (Wildman–Crippen MR) is 76.3 cm³/mol. The summed E-state index contributed by atoms with van der Waals surface area (Å²) in [5.41, 5.74) is 4.96. The second-order valence-electron chi connectivity index (χ2n) is 4.22. The Morgan fingerprint density at radius 1 is 1.33 bits per heavy atom. The Balaban J connectivity index is 2.39. The summed E-state index contributed by atoms with van der Waals surface area (Å²) in [5, 5.41) is 0. The van der Waals surface area contributed by atoms with Gasteiger partial charge in [-0.1, -0.05) is 12.1 Å². The number of hydrazine groups is 1. The van der Waals surface area contributed by atoms with Crippen LogP contribution in [0.4, 0.5) is 5.69 Å². The quantitative estimate of drug-likeness (QED) is 0.673. The van der Waals surface area contributed by atoms with Gasteiger partial charge in [-0.3, -0.25) is 5.84 Å². The van der Waals surface area contributed by atoms with Gasteiger partial charge in [0, 0.05) is 19.8 Å². The van der Waals surface area contributed by atoms with Gasteiger partial charge in [-0.2, -0.15) is 0 Å². The fraction of sp³-hybridized carbons (Fsp3) is 0.231. The van der Waals surface area contributed by atoms with Crippen molar-refractivity contribution in [2.75, 3.05) is 19.0 Å². The van der Waals surface area contributed by atoms with Gasteiger partial charge in [0.25, 0.3) is 0 Å². The van der Waals surface area contributed by atoms with Crippen LogP contribution in [0.25, 0.3) is 0 Å². The molecule has 0 saturated carbocycles. The Bertz CT molecular complexity index is 524. The minimum absolute atomic E-state index is 0.172. The Labute approximate surface area is 115 Å². The molecule has 1 aromatic heterocycles. The third kappa shape index (κ3) is 2.58. The van der Waals surface area contributed by atoms with Crippen molar-refractivity contribution in [1.29, 1.82) is 0 Å². The van der Waals surface area contributed by atoms with Crippen LogP contribution < -0.4 is 16.2 Å². The number of nitrogens with zero attached hydrogens (tertiary/aromatic N) is 1. The molecule has 3 N–H and O–H groups in total. The lowest BCUT2D eigenvalue weighted by Crippen LogP contribution is -2.29. The Morgan fingerprint density at radius 2 is 2.11 bits per heavy atom. The lowest BCUT2D eigenvalue weighted by Gasteiger charge is -2.18. The van der Waals surface area contributed by atoms with E-state index < -0.39 is 0 Å². The maximum Gasteiger partial charge on any atom is 0.140 e. The molecule has 5 heteroatoms. The van der Waals surface area contributed by atoms with Crippen molar-refractivity contribution in [3.8, 4) is 0 Å². The van der Waals surface area contributed by atoms with Crippen LogP contribution in [0.5, 0.6) is 0 Å². The summed E-state index contributed by atoms with van der Waals surface area (Å²) in [6.45, 7) is 0. The standard InChI is InChI=1S/C13H16BrN3O/c1-17(2)10-5-3-4-9(8-10)12(16-15)13-11(14)6-7-18-13/h3-8,12,16H,15H2,1-2H3. The van der Waals surface area contributed by atoms with Gasteiger partial charge in [0.2, 0.25) is 0 Å². The van der Waals surface area contributed by atoms with Crippen LogP contribution in [0.15, 0.2) is 45.5 Å². The van der Waals surface area contributed by atoms with Gasteiger partial charge in [-0.25, -0.2) is 5.43 Å². The maximum atomic E-state index is 5.65. The summed E-state index contributed by atoms with van der Waals surface area (Å²) in [7, 11) is 4.01. The SMILES string of the molecule is CN(C)c1cccc(C(NN)c2occc2Br)c1. The van der Waals surface area contributed by atoms with Crippen molar-refractivity contribution < 1.29 is 4.42 Å². The molecule has 0 saturated heterocycles. The Hall–Kier alpha value is -1.30. The van der Waals surface area contributed by atoms with Crippen LogP contribution in [0, 0.1) is 0 Å². The average Bonchev–Trinajstić information content (AvgIpc) is 2.77. The molecular weight excluding hydrogens is 294 g/mol. The first-order valence-corrected chi connectivity index (χ1v) is 6.39. The van der Waals surface area contributed by atoms with Gasteiger partial charge in [-0.15, -0.1) is 0 Å². The van der Waals surface area contributed by atoms with Gasteiger partial charge in [0.05, 0.1) is 10.7 Å². The molecule has 0 aliphatic heterocycles. The lowest BCUT2D eigenvalue weighted by molar-refractivity contribution is 0.450. The smallest absolute Gasteiger partial charge is 0.140 e. The van der Waals surface area contributed by atoms with Crippen LogP contribution in [0.1, 0.15) is 17.4 Å². The molecule has 1 atom stereocenters. The van der Waals surface area contributed by atoms with Crippen LogP contribution in [0.3, 0.4) is 0 Å². The molecule has 0 radical (unpaired) electrons. The zero-order chi connectivity index (χ0) is 13.1. The highest BCUT2D eigenvalue weighted by Gasteiger charge is 2.19. The molecule has 0 amide bonds. The second-order valence-corrected chi connectivity index (χ2v) is 5.08. The monoisotopic (exact) mass is 309 g/mol. The number of nitrogens with two attached hydrogens (primary N) is 1. The molecule has 2 rings (SSSR count). The predicted octanol–water partition coefficient (Wildman–Crippen LogP) is 2.66. The minimum atomic E-state index is -0.172. The highest BCUT2D eigenvalue weighted by atomic mass is 79.9. The van der Waals surface area contributed by atoms with E-state index in [-0.39, 0.29) is 6.04 Å². The topological polar surface area (TPSA) is 54.4 Å². The third-order valence-electron chi connectivity index (χ3n) is 2.79. The number of hydrogen-bond acceptors (Lipinski definition) is 4. The summed E-state index contributed by atoms with van der Waals surface area (Å²) in [5.74, 6) is 6.42. The van der Waals surface area contributed by atoms with Gasteiger partial charge in [0.1, 0.15) is 11.8 Å². The average molecular weight is 310 g/mol. The molecule has 4 nitrogen and oxygen atoms in total. The molecule has 0 bridgehead atoms. The fourth-order valence-corrected chi connectivity index (χ4v) is 2.25. The van der Waals surface area contributed by atoms with E-state index in [1.165, 1.54) is 0 Å². The van der Waals surface area contributed by atoms with E-state index >= 15 is 0 Å². The molecule has 0 fully saturated rings. The molecule has 0 aliphatic rings. The molecule has 1 aromatic carbocycles. The molecule has 0 spiro atoms. The van der Waals surface area contributed by atoms with Crippen molar-refractivity contribution in [3.05, 3.63) is 52.4 Å². The number of halogens is 1. The Morgan fingerprint density at radius 3 is 2.67 bits per heavy atom. The zero-order valence-electron chi connectivity index (χ0n) is 10.4. The third-order valence-corrected chi connectivity index (χ3v) is 3.45. The summed E-state index contributed by atoms with van der Waals surface area (Å²) in [6, 6.07) is 9.84. The largest absolute Gasteiger partial charge is 0.466 e. The molecule has 1 heterocycles. The van der Waals surface area contributed by atoms with Crippen molar-refractivity contribution >= 4 is 21.6 Å². The van der Waals surface area contributed by atoms with E-state index in [1.807, 2.05) is 43.3 Å². The number of nitrogens with one attached hydrogen (secondary N) is 1. The van der Waals surface area contributed by atoms with E-state index in [4.69, 9.17) is 10.3 Å². The number of hydrogen-bond donors (Lipinski definition) is 2. The molecule has 0 aliphatic carbocycles. The van der Waals surface area contributed by atoms with Crippen molar-refractivity contribution in [2.45, 2.75) is 6.04 Å². The van der Waals surface area contributed by atoms with Crippen molar-refractivity contribution in [1.82, 2.24) is 5.43 Å². The van der Waals surface area contributed by atoms with Gasteiger partial charge >= 0.3 is 0 Å². The Kier molecular flexibility index (Phi) is 4.06. The summed E-state index contributed by atoms with van der Waals surface area (Å²) in [4.78, 5) is 2.05. The molecular formula is C13H16BrN3O. The lowest BCUT2D eigenvalue weighted by atomic mass is 10.0. The first-order valence-electron chi connectivity index (χ1n) is 5.59. The first-order chi connectivity index (χ1) is 8.63. The second kappa shape index (κ2) is 5.56. The number of benzene rings is 1. The summed E-state index contributed by atoms with van der Waals surface area (Å²) in [6.07, 6.45) is 1.64. The molecule has 2 aromatic rings. The van der Waals surface area contributed by atoms with E-state index in [0.717, 1.165) is 21.5 Å². The molecule has 18 heavy (non-hydrogen) atoms. The van der Waals surface area contributed by atoms with Crippen LogP contribution in [-0.2, 0) is 0 Å². The highest BCUT2D eigenvalue weighted by Crippen LogP contribution is 2.30. The summed E-state index contributed by atoms with van der Waals surface area (Å²) >= 11 is 3.45. The molecule has 1 unspecified atom stereocenters. The summed E-state index contributed by atoms with van der Waals surface area (Å²) < 4.78 is 6.37. The highest BCUT2D eigenvalue weighted by molar-refractivity contribution is 9.10. The van der Waals surface area contributed by atoms with E-state index in [1.54, 1.807) is 6.26 Å². The fourth-order valence-electron chi connectivity index (χ4n) is 1.82. The van der Waals surface area contributed by atoms with Crippen LogP contribution in [-0.4, -0.2) is 14.1 Å². The van der Waals surface area contributed by atoms with Crippen LogP contribution in [0.2, 0.25) is 0 Å². The van der Waals surface area contributed by atoms with E-state index in [9.17, 15) is 0 Å². The van der Waals surface area contributed by atoms with Gasteiger partial charge in [-0.05, 0) is 39.7 Å². The number of rotatable bonds is 4. The molecule has 96 valence electrons. The zero-order valence-corrected chi connectivity index (χ0v) is 11.9. The van der Waals surface area contributed by atoms with Gasteiger partial charge < -0.3 is 9.32 Å². The van der Waals surface area contributed by atoms with Crippen molar-refractivity contribution in [2.24, 2.45) is 5.84 Å². The van der Waals surface area contributed by atoms with Gasteiger partial charge in [0.15, 0.2) is 0 Å². The van der Waals surface area contributed by atoms with E-state index in [2.05, 4.69) is 27.4 Å². The first kappa shape index (κ1) is 13.1. The minimum Gasteiger partial charge on any atom is -0.466 e. The van der Waals surface area contributed by atoms with Crippen LogP contribution >= 0.6 is 15.9 Å². The maximum absolute atomic E-state index is 5.65. The van der Waals surface area contributed by atoms with Crippen molar-refractivity contribution in [3.63, 3.8) is 0 Å². The normalized spacial score (nSPS) is 12.4. The van der Waals surface area contributed by atoms with E-state index in [0.29, 0.717) is 0 Å².